The highest BCUT2D eigenvalue weighted by Gasteiger charge is 2.04. The summed E-state index contributed by atoms with van der Waals surface area (Å²) in [4.78, 5) is 9.02. The van der Waals surface area contributed by atoms with Crippen molar-refractivity contribution >= 4 is 27.8 Å². The van der Waals surface area contributed by atoms with Crippen LogP contribution < -0.4 is 5.73 Å². The molecule has 5 heteroatoms. The molecule has 2 aromatic heterocycles. The third-order valence-corrected chi connectivity index (χ3v) is 4.06. The van der Waals surface area contributed by atoms with Crippen molar-refractivity contribution in [1.29, 1.82) is 0 Å². The molecule has 2 rings (SSSR count). The summed E-state index contributed by atoms with van der Waals surface area (Å²) in [5.41, 5.74) is 5.60. The van der Waals surface area contributed by atoms with E-state index in [1.807, 2.05) is 17.5 Å². The van der Waals surface area contributed by atoms with Gasteiger partial charge in [-0.15, -0.1) is 22.7 Å². The predicted octanol–water partition coefficient (Wildman–Crippen LogP) is 2.46. The molecule has 0 fully saturated rings. The molecule has 3 nitrogen and oxygen atoms in total. The summed E-state index contributed by atoms with van der Waals surface area (Å²) >= 11 is 3.39. The lowest BCUT2D eigenvalue weighted by molar-refractivity contribution is 0.335. The van der Waals surface area contributed by atoms with E-state index >= 15 is 0 Å². The smallest absolute Gasteiger partial charge is 0.180 e. The molecule has 0 saturated carbocycles. The van der Waals surface area contributed by atoms with Crippen molar-refractivity contribution in [3.05, 3.63) is 33.5 Å². The highest BCUT2D eigenvalue weighted by Crippen LogP contribution is 2.16. The van der Waals surface area contributed by atoms with E-state index in [9.17, 15) is 0 Å². The second-order valence-electron chi connectivity index (χ2n) is 3.73. The summed E-state index contributed by atoms with van der Waals surface area (Å²) in [6.07, 6.45) is 2.98. The quantitative estimate of drug-likeness (QED) is 0.890. The normalized spacial score (nSPS) is 11.1. The molecule has 86 valence electrons. The van der Waals surface area contributed by atoms with Crippen molar-refractivity contribution in [2.24, 2.45) is 0 Å². The van der Waals surface area contributed by atoms with Gasteiger partial charge in [0.1, 0.15) is 0 Å². The average Bonchev–Trinajstić information content (AvgIpc) is 2.87. The number of thiophene rings is 1. The summed E-state index contributed by atoms with van der Waals surface area (Å²) in [7, 11) is 2.13. The van der Waals surface area contributed by atoms with Gasteiger partial charge in [0.05, 0.1) is 0 Å². The molecule has 0 bridgehead atoms. The Balaban J connectivity index is 1.78. The fourth-order valence-electron chi connectivity index (χ4n) is 1.50. The second kappa shape index (κ2) is 5.43. The minimum Gasteiger partial charge on any atom is -0.375 e. The van der Waals surface area contributed by atoms with Gasteiger partial charge in [-0.1, -0.05) is 6.07 Å². The van der Waals surface area contributed by atoms with E-state index in [-0.39, 0.29) is 0 Å². The minimum absolute atomic E-state index is 0.654. The standard InChI is InChI=1S/C11H15N3S2/c1-14(5-4-9-3-2-6-15-9)8-10-7-13-11(12)16-10/h2-3,6-7H,4-5,8H2,1H3,(H2,12,13). The zero-order valence-corrected chi connectivity index (χ0v) is 10.9. The van der Waals surface area contributed by atoms with Crippen molar-refractivity contribution in [2.75, 3.05) is 19.3 Å². The number of anilines is 1. The van der Waals surface area contributed by atoms with Crippen LogP contribution in [0.1, 0.15) is 9.75 Å². The maximum Gasteiger partial charge on any atom is 0.180 e. The number of hydrogen-bond donors (Lipinski definition) is 1. The number of nitrogens with zero attached hydrogens (tertiary/aromatic N) is 2. The van der Waals surface area contributed by atoms with Crippen LogP contribution >= 0.6 is 22.7 Å². The van der Waals surface area contributed by atoms with Crippen LogP contribution in [0.5, 0.6) is 0 Å². The lowest BCUT2D eigenvalue weighted by Crippen LogP contribution is -2.19. The molecule has 2 aromatic rings. The second-order valence-corrected chi connectivity index (χ2v) is 5.91. The number of likely N-dealkylation sites (N-methyl/N-ethyl adjacent to an activating group) is 1. The van der Waals surface area contributed by atoms with Crippen molar-refractivity contribution in [3.8, 4) is 0 Å². The number of hydrogen-bond acceptors (Lipinski definition) is 5. The topological polar surface area (TPSA) is 42.2 Å². The molecule has 0 aliphatic heterocycles. The van der Waals surface area contributed by atoms with E-state index in [1.165, 1.54) is 9.75 Å². The maximum atomic E-state index is 5.60. The minimum atomic E-state index is 0.654. The zero-order valence-electron chi connectivity index (χ0n) is 9.22. The van der Waals surface area contributed by atoms with Crippen LogP contribution in [0.4, 0.5) is 5.13 Å². The molecule has 0 aromatic carbocycles. The Morgan fingerprint density at radius 2 is 2.31 bits per heavy atom. The van der Waals surface area contributed by atoms with Crippen molar-refractivity contribution in [3.63, 3.8) is 0 Å². The lowest BCUT2D eigenvalue weighted by Gasteiger charge is -2.14. The van der Waals surface area contributed by atoms with Gasteiger partial charge in [-0.3, -0.25) is 0 Å². The first-order valence-electron chi connectivity index (χ1n) is 5.15. The van der Waals surface area contributed by atoms with E-state index < -0.39 is 0 Å². The molecule has 2 N–H and O–H groups in total. The SMILES string of the molecule is CN(CCc1cccs1)Cc1cnc(N)s1. The lowest BCUT2D eigenvalue weighted by atomic mass is 10.3. The summed E-state index contributed by atoms with van der Waals surface area (Å²) in [6.45, 7) is 2.00. The molecule has 0 aliphatic carbocycles. The Labute approximate surface area is 104 Å². The first kappa shape index (κ1) is 11.6. The van der Waals surface area contributed by atoms with Crippen LogP contribution in [0.3, 0.4) is 0 Å². The van der Waals surface area contributed by atoms with Crippen molar-refractivity contribution < 1.29 is 0 Å². The third kappa shape index (κ3) is 3.30. The first-order chi connectivity index (χ1) is 7.74. The Morgan fingerprint density at radius 3 is 2.94 bits per heavy atom. The Kier molecular flexibility index (Phi) is 3.93. The number of nitrogens with two attached hydrogens (primary N) is 1. The molecule has 0 atom stereocenters. The molecule has 2 heterocycles. The van der Waals surface area contributed by atoms with Crippen LogP contribution in [0, 0.1) is 0 Å². The summed E-state index contributed by atoms with van der Waals surface area (Å²) in [5, 5.41) is 2.78. The van der Waals surface area contributed by atoms with Crippen LogP contribution in [-0.2, 0) is 13.0 Å². The van der Waals surface area contributed by atoms with Crippen LogP contribution in [0.15, 0.2) is 23.7 Å². The Morgan fingerprint density at radius 1 is 1.44 bits per heavy atom. The van der Waals surface area contributed by atoms with Gasteiger partial charge < -0.3 is 10.6 Å². The molecule has 0 radical (unpaired) electrons. The summed E-state index contributed by atoms with van der Waals surface area (Å²) in [5.74, 6) is 0. The van der Waals surface area contributed by atoms with E-state index in [2.05, 4.69) is 34.4 Å². The fourth-order valence-corrected chi connectivity index (χ4v) is 2.96. The average molecular weight is 253 g/mol. The monoisotopic (exact) mass is 253 g/mol. The Hall–Kier alpha value is -0.910. The maximum absolute atomic E-state index is 5.60. The van der Waals surface area contributed by atoms with Gasteiger partial charge >= 0.3 is 0 Å². The van der Waals surface area contributed by atoms with Gasteiger partial charge in [0.25, 0.3) is 0 Å². The van der Waals surface area contributed by atoms with Gasteiger partial charge in [-0.2, -0.15) is 0 Å². The van der Waals surface area contributed by atoms with Crippen molar-refractivity contribution in [2.45, 2.75) is 13.0 Å². The zero-order chi connectivity index (χ0) is 11.4. The highest BCUT2D eigenvalue weighted by atomic mass is 32.1. The Bertz CT molecular complexity index is 422. The molecule has 0 spiro atoms. The molecular formula is C11H15N3S2. The third-order valence-electron chi connectivity index (χ3n) is 2.32. The van der Waals surface area contributed by atoms with Gasteiger partial charge in [0.15, 0.2) is 5.13 Å². The van der Waals surface area contributed by atoms with E-state index in [4.69, 9.17) is 5.73 Å². The number of rotatable bonds is 5. The molecule has 0 amide bonds. The number of aromatic nitrogens is 1. The molecule has 16 heavy (non-hydrogen) atoms. The first-order valence-corrected chi connectivity index (χ1v) is 6.85. The van der Waals surface area contributed by atoms with Crippen LogP contribution in [-0.4, -0.2) is 23.5 Å². The molecule has 0 unspecified atom stereocenters. The molecular weight excluding hydrogens is 238 g/mol. The van der Waals surface area contributed by atoms with Gasteiger partial charge in [-0.25, -0.2) is 4.98 Å². The summed E-state index contributed by atoms with van der Waals surface area (Å²) < 4.78 is 0. The van der Waals surface area contributed by atoms with Gasteiger partial charge in [0, 0.05) is 29.0 Å². The number of nitrogen functional groups attached to an aromatic ring is 1. The van der Waals surface area contributed by atoms with E-state index in [0.29, 0.717) is 5.13 Å². The number of thiazole rings is 1. The molecule has 0 saturated heterocycles. The largest absolute Gasteiger partial charge is 0.375 e. The summed E-state index contributed by atoms with van der Waals surface area (Å²) in [6, 6.07) is 4.28. The van der Waals surface area contributed by atoms with Gasteiger partial charge in [0.2, 0.25) is 0 Å². The predicted molar refractivity (Wildman–Crippen MR) is 70.9 cm³/mol. The van der Waals surface area contributed by atoms with Crippen molar-refractivity contribution in [1.82, 2.24) is 9.88 Å². The van der Waals surface area contributed by atoms with Gasteiger partial charge in [-0.05, 0) is 24.9 Å². The van der Waals surface area contributed by atoms with Crippen LogP contribution in [0.25, 0.3) is 0 Å². The van der Waals surface area contributed by atoms with Crippen LogP contribution in [0.2, 0.25) is 0 Å². The van der Waals surface area contributed by atoms with E-state index in [1.54, 1.807) is 11.3 Å². The molecule has 0 aliphatic rings. The fraction of sp³-hybridized carbons (Fsp3) is 0.364. The highest BCUT2D eigenvalue weighted by molar-refractivity contribution is 7.15. The van der Waals surface area contributed by atoms with E-state index in [0.717, 1.165) is 19.5 Å².